The summed E-state index contributed by atoms with van der Waals surface area (Å²) in [4.78, 5) is 0. The number of hydrogen-bond donors (Lipinski definition) is 1. The van der Waals surface area contributed by atoms with Crippen molar-refractivity contribution >= 4 is 15.9 Å². The Labute approximate surface area is 123 Å². The van der Waals surface area contributed by atoms with Crippen LogP contribution in [-0.2, 0) is 6.42 Å². The van der Waals surface area contributed by atoms with Crippen molar-refractivity contribution in [3.8, 4) is 0 Å². The average molecular weight is 328 g/mol. The van der Waals surface area contributed by atoms with Gasteiger partial charge in [-0.3, -0.25) is 0 Å². The quantitative estimate of drug-likeness (QED) is 0.857. The molecule has 0 spiro atoms. The molecule has 0 aliphatic heterocycles. The van der Waals surface area contributed by atoms with Crippen LogP contribution in [0, 0.1) is 17.2 Å². The van der Waals surface area contributed by atoms with Gasteiger partial charge in [-0.05, 0) is 54.4 Å². The summed E-state index contributed by atoms with van der Waals surface area (Å²) in [7, 11) is 0. The van der Waals surface area contributed by atoms with Crippen molar-refractivity contribution in [1.82, 2.24) is 0 Å². The standard InChI is InChI=1S/C16H23BrFN/c1-16(2)8-4-3-5-13(16)15(19)10-11-9-12(17)6-7-14(11)18/h6-7,9,13,15H,3-5,8,10,19H2,1-2H3. The summed E-state index contributed by atoms with van der Waals surface area (Å²) in [5.41, 5.74) is 7.40. The van der Waals surface area contributed by atoms with Gasteiger partial charge in [-0.15, -0.1) is 0 Å². The monoisotopic (exact) mass is 327 g/mol. The van der Waals surface area contributed by atoms with Crippen LogP contribution in [0.5, 0.6) is 0 Å². The highest BCUT2D eigenvalue weighted by molar-refractivity contribution is 9.10. The van der Waals surface area contributed by atoms with Crippen molar-refractivity contribution < 1.29 is 4.39 Å². The maximum atomic E-state index is 13.8. The van der Waals surface area contributed by atoms with E-state index < -0.39 is 0 Å². The molecule has 19 heavy (non-hydrogen) atoms. The third-order valence-corrected chi connectivity index (χ3v) is 5.06. The summed E-state index contributed by atoms with van der Waals surface area (Å²) in [6.07, 6.45) is 5.57. The van der Waals surface area contributed by atoms with Gasteiger partial charge in [-0.2, -0.15) is 0 Å². The Kier molecular flexibility index (Phi) is 4.67. The zero-order valence-electron chi connectivity index (χ0n) is 11.8. The Balaban J connectivity index is 2.11. The Hall–Kier alpha value is -0.410. The van der Waals surface area contributed by atoms with Crippen molar-refractivity contribution in [2.24, 2.45) is 17.1 Å². The van der Waals surface area contributed by atoms with E-state index in [0.29, 0.717) is 12.3 Å². The van der Waals surface area contributed by atoms with Crippen LogP contribution in [0.4, 0.5) is 4.39 Å². The van der Waals surface area contributed by atoms with Crippen LogP contribution in [0.3, 0.4) is 0 Å². The van der Waals surface area contributed by atoms with Gasteiger partial charge < -0.3 is 5.73 Å². The molecule has 0 amide bonds. The first kappa shape index (κ1) is 15.0. The average Bonchev–Trinajstić information content (AvgIpc) is 2.33. The number of hydrogen-bond acceptors (Lipinski definition) is 1. The summed E-state index contributed by atoms with van der Waals surface area (Å²) in [5, 5.41) is 0. The molecule has 1 aromatic carbocycles. The second-order valence-electron chi connectivity index (χ2n) is 6.44. The van der Waals surface area contributed by atoms with E-state index >= 15 is 0 Å². The van der Waals surface area contributed by atoms with Crippen molar-refractivity contribution in [2.75, 3.05) is 0 Å². The van der Waals surface area contributed by atoms with Gasteiger partial charge in [0, 0.05) is 10.5 Å². The summed E-state index contributed by atoms with van der Waals surface area (Å²) < 4.78 is 14.7. The molecular formula is C16H23BrFN. The van der Waals surface area contributed by atoms with Crippen LogP contribution < -0.4 is 5.73 Å². The van der Waals surface area contributed by atoms with Crippen molar-refractivity contribution in [3.05, 3.63) is 34.1 Å². The molecular weight excluding hydrogens is 305 g/mol. The predicted molar refractivity (Wildman–Crippen MR) is 81.5 cm³/mol. The van der Waals surface area contributed by atoms with Crippen LogP contribution in [0.15, 0.2) is 22.7 Å². The van der Waals surface area contributed by atoms with Gasteiger partial charge in [0.05, 0.1) is 0 Å². The van der Waals surface area contributed by atoms with Crippen LogP contribution in [0.2, 0.25) is 0 Å². The maximum absolute atomic E-state index is 13.8. The molecule has 2 rings (SSSR count). The van der Waals surface area contributed by atoms with E-state index in [4.69, 9.17) is 5.73 Å². The van der Waals surface area contributed by atoms with Gasteiger partial charge >= 0.3 is 0 Å². The van der Waals surface area contributed by atoms with Crippen LogP contribution in [-0.4, -0.2) is 6.04 Å². The van der Waals surface area contributed by atoms with Gasteiger partial charge in [0.1, 0.15) is 5.82 Å². The molecule has 1 fully saturated rings. The molecule has 0 heterocycles. The SMILES string of the molecule is CC1(C)CCCCC1C(N)Cc1cc(Br)ccc1F. The molecule has 0 radical (unpaired) electrons. The molecule has 0 bridgehead atoms. The molecule has 1 aliphatic carbocycles. The van der Waals surface area contributed by atoms with Gasteiger partial charge in [-0.1, -0.05) is 42.6 Å². The first-order valence-electron chi connectivity index (χ1n) is 7.09. The third kappa shape index (κ3) is 3.57. The fourth-order valence-corrected chi connectivity index (χ4v) is 3.82. The second-order valence-corrected chi connectivity index (χ2v) is 7.36. The fourth-order valence-electron chi connectivity index (χ4n) is 3.41. The number of halogens is 2. The molecule has 1 aromatic rings. The van der Waals surface area contributed by atoms with Gasteiger partial charge in [-0.25, -0.2) is 4.39 Å². The van der Waals surface area contributed by atoms with Gasteiger partial charge in [0.15, 0.2) is 0 Å². The van der Waals surface area contributed by atoms with Crippen molar-refractivity contribution in [2.45, 2.75) is 52.0 Å². The minimum atomic E-state index is -0.146. The van der Waals surface area contributed by atoms with Crippen LogP contribution in [0.1, 0.15) is 45.1 Å². The van der Waals surface area contributed by atoms with Gasteiger partial charge in [0.25, 0.3) is 0 Å². The van der Waals surface area contributed by atoms with Crippen molar-refractivity contribution in [3.63, 3.8) is 0 Å². The molecule has 3 heteroatoms. The highest BCUT2D eigenvalue weighted by Crippen LogP contribution is 2.42. The van der Waals surface area contributed by atoms with Crippen molar-refractivity contribution in [1.29, 1.82) is 0 Å². The maximum Gasteiger partial charge on any atom is 0.126 e. The number of nitrogens with two attached hydrogens (primary N) is 1. The normalized spacial score (nSPS) is 24.2. The molecule has 2 N–H and O–H groups in total. The Morgan fingerprint density at radius 3 is 2.84 bits per heavy atom. The minimum absolute atomic E-state index is 0.0408. The van der Waals surface area contributed by atoms with E-state index in [-0.39, 0.29) is 17.3 Å². The highest BCUT2D eigenvalue weighted by atomic mass is 79.9. The Morgan fingerprint density at radius 2 is 2.16 bits per heavy atom. The van der Waals surface area contributed by atoms with Gasteiger partial charge in [0.2, 0.25) is 0 Å². The lowest BCUT2D eigenvalue weighted by Gasteiger charge is -2.42. The molecule has 0 aromatic heterocycles. The Bertz CT molecular complexity index is 444. The minimum Gasteiger partial charge on any atom is -0.327 e. The van der Waals surface area contributed by atoms with E-state index in [1.54, 1.807) is 6.07 Å². The van der Waals surface area contributed by atoms with E-state index in [2.05, 4.69) is 29.8 Å². The fraction of sp³-hybridized carbons (Fsp3) is 0.625. The molecule has 106 valence electrons. The van der Waals surface area contributed by atoms with E-state index in [0.717, 1.165) is 10.0 Å². The summed E-state index contributed by atoms with van der Waals surface area (Å²) >= 11 is 3.40. The zero-order chi connectivity index (χ0) is 14.0. The molecule has 1 saturated carbocycles. The summed E-state index contributed by atoms with van der Waals surface area (Å²) in [5.74, 6) is 0.340. The molecule has 2 unspecified atom stereocenters. The third-order valence-electron chi connectivity index (χ3n) is 4.57. The highest BCUT2D eigenvalue weighted by Gasteiger charge is 2.36. The largest absolute Gasteiger partial charge is 0.327 e. The topological polar surface area (TPSA) is 26.0 Å². The Morgan fingerprint density at radius 1 is 1.42 bits per heavy atom. The molecule has 1 aliphatic rings. The first-order valence-corrected chi connectivity index (χ1v) is 7.89. The lowest BCUT2D eigenvalue weighted by molar-refractivity contribution is 0.112. The first-order chi connectivity index (χ1) is 8.90. The zero-order valence-corrected chi connectivity index (χ0v) is 13.3. The van der Waals surface area contributed by atoms with Crippen LogP contribution in [0.25, 0.3) is 0 Å². The predicted octanol–water partition coefficient (Wildman–Crippen LogP) is 4.67. The molecule has 2 atom stereocenters. The number of rotatable bonds is 3. The second kappa shape index (κ2) is 5.92. The van der Waals surface area contributed by atoms with E-state index in [1.165, 1.54) is 31.7 Å². The number of benzene rings is 1. The summed E-state index contributed by atoms with van der Waals surface area (Å²) in [6, 6.07) is 5.14. The smallest absolute Gasteiger partial charge is 0.126 e. The molecule has 1 nitrogen and oxygen atoms in total. The lowest BCUT2D eigenvalue weighted by Crippen LogP contribution is -2.43. The summed E-state index contributed by atoms with van der Waals surface area (Å²) in [6.45, 7) is 4.60. The molecule has 0 saturated heterocycles. The van der Waals surface area contributed by atoms with E-state index in [1.807, 2.05) is 6.07 Å². The lowest BCUT2D eigenvalue weighted by atomic mass is 9.65. The van der Waals surface area contributed by atoms with Crippen LogP contribution >= 0.6 is 15.9 Å². The van der Waals surface area contributed by atoms with E-state index in [9.17, 15) is 4.39 Å².